The summed E-state index contributed by atoms with van der Waals surface area (Å²) in [6, 6.07) is -0.644. The van der Waals surface area contributed by atoms with Crippen LogP contribution in [-0.2, 0) is 15.0 Å². The topological polar surface area (TPSA) is 108 Å². The maximum Gasteiger partial charge on any atom is 0.329 e. The average molecular weight is 399 g/mol. The third-order valence-corrected chi connectivity index (χ3v) is 7.49. The van der Waals surface area contributed by atoms with Crippen molar-refractivity contribution in [1.82, 2.24) is 19.7 Å². The van der Waals surface area contributed by atoms with Gasteiger partial charge in [0.2, 0.25) is 5.91 Å². The zero-order valence-electron chi connectivity index (χ0n) is 15.8. The summed E-state index contributed by atoms with van der Waals surface area (Å²) in [7, 11) is -3.81. The Balaban J connectivity index is 1.37. The molecule has 3 N–H and O–H groups in total. The van der Waals surface area contributed by atoms with Crippen LogP contribution in [0.1, 0.15) is 39.0 Å². The lowest BCUT2D eigenvalue weighted by atomic mass is 9.94. The number of urea groups is 1. The number of fused-ring (bicyclic) bond motifs is 2. The summed E-state index contributed by atoms with van der Waals surface area (Å²) in [4.78, 5) is 22.9. The molecular weight excluding hydrogens is 368 g/mol. The van der Waals surface area contributed by atoms with Crippen molar-refractivity contribution in [3.8, 4) is 0 Å². The molecule has 0 unspecified atom stereocenters. The second-order valence-corrected chi connectivity index (χ2v) is 9.64. The quantitative estimate of drug-likeness (QED) is 0.556. The number of carbonyl (C=O) groups excluding carboxylic acids is 2. The van der Waals surface area contributed by atoms with E-state index in [0.29, 0.717) is 49.9 Å². The van der Waals surface area contributed by atoms with Crippen LogP contribution in [0.15, 0.2) is 12.2 Å². The first-order valence-electron chi connectivity index (χ1n) is 9.82. The molecule has 0 radical (unpaired) electrons. The van der Waals surface area contributed by atoms with E-state index in [-0.39, 0.29) is 5.91 Å². The van der Waals surface area contributed by atoms with E-state index in [1.807, 2.05) is 0 Å². The number of allylic oxidation sites excluding steroid dienone is 2. The predicted octanol–water partition coefficient (Wildman–Crippen LogP) is 0.981. The van der Waals surface area contributed by atoms with Gasteiger partial charge in [-0.1, -0.05) is 12.2 Å². The summed E-state index contributed by atoms with van der Waals surface area (Å²) in [6.07, 6.45) is 9.00. The fraction of sp³-hybridized carbons (Fsp3) is 0.778. The molecule has 1 heterocycles. The van der Waals surface area contributed by atoms with Crippen LogP contribution in [0, 0.1) is 23.7 Å². The molecule has 2 fully saturated rings. The minimum Gasteiger partial charge on any atom is -0.356 e. The van der Waals surface area contributed by atoms with Gasteiger partial charge in [-0.2, -0.15) is 12.7 Å². The molecule has 2 aliphatic carbocycles. The third kappa shape index (κ3) is 5.44. The molecule has 0 aromatic rings. The largest absolute Gasteiger partial charge is 0.356 e. The van der Waals surface area contributed by atoms with Crippen LogP contribution in [0.4, 0.5) is 4.79 Å². The highest BCUT2D eigenvalue weighted by atomic mass is 32.2. The summed E-state index contributed by atoms with van der Waals surface area (Å²) in [5.74, 6) is 1.89. The van der Waals surface area contributed by atoms with E-state index >= 15 is 0 Å². The number of piperidine rings is 1. The third-order valence-electron chi connectivity index (χ3n) is 6.00. The Kier molecular flexibility index (Phi) is 6.41. The van der Waals surface area contributed by atoms with E-state index in [0.717, 1.165) is 32.1 Å². The van der Waals surface area contributed by atoms with Crippen LogP contribution >= 0.6 is 0 Å². The summed E-state index contributed by atoms with van der Waals surface area (Å²) < 4.78 is 28.3. The number of rotatable bonds is 7. The van der Waals surface area contributed by atoms with Gasteiger partial charge in [0, 0.05) is 33.1 Å². The van der Waals surface area contributed by atoms with E-state index < -0.39 is 16.2 Å². The van der Waals surface area contributed by atoms with Crippen molar-refractivity contribution in [3.63, 3.8) is 0 Å². The lowest BCUT2D eigenvalue weighted by Gasteiger charge is -2.31. The molecule has 0 spiro atoms. The highest BCUT2D eigenvalue weighted by molar-refractivity contribution is 7.87. The summed E-state index contributed by atoms with van der Waals surface area (Å²) in [6.45, 7) is 3.40. The Labute approximate surface area is 161 Å². The molecule has 1 saturated heterocycles. The van der Waals surface area contributed by atoms with E-state index in [9.17, 15) is 18.0 Å². The molecule has 3 aliphatic rings. The molecule has 1 saturated carbocycles. The molecule has 0 aromatic heterocycles. The lowest BCUT2D eigenvalue weighted by molar-refractivity contribution is -0.119. The zero-order chi connectivity index (χ0) is 19.4. The van der Waals surface area contributed by atoms with Crippen molar-refractivity contribution < 1.29 is 18.0 Å². The second-order valence-electron chi connectivity index (χ2n) is 7.97. The van der Waals surface area contributed by atoms with Crippen LogP contribution in [0.25, 0.3) is 0 Å². The smallest absolute Gasteiger partial charge is 0.329 e. The van der Waals surface area contributed by atoms with Gasteiger partial charge in [-0.15, -0.1) is 0 Å². The van der Waals surface area contributed by atoms with Crippen LogP contribution in [0.5, 0.6) is 0 Å². The number of carbonyl (C=O) groups is 2. The lowest BCUT2D eigenvalue weighted by Crippen LogP contribution is -2.50. The maximum atomic E-state index is 12.4. The van der Waals surface area contributed by atoms with Crippen molar-refractivity contribution in [2.75, 3.05) is 26.2 Å². The standard InChI is InChI=1S/C18H30N4O4S/c1-13(23)19-7-4-14-5-8-22(9-6-14)27(25,26)21-18(24)20-12-17-11-15-2-3-16(17)10-15/h2-3,14-17H,4-12H2,1H3,(H,19,23)(H2,20,21,24)/t15-,16-,17+/m1/s1. The van der Waals surface area contributed by atoms with Crippen molar-refractivity contribution in [2.45, 2.75) is 39.0 Å². The molecular formula is C18H30N4O4S. The van der Waals surface area contributed by atoms with Crippen molar-refractivity contribution in [1.29, 1.82) is 0 Å². The van der Waals surface area contributed by atoms with Crippen molar-refractivity contribution >= 4 is 22.1 Å². The minimum atomic E-state index is -3.81. The Morgan fingerprint density at radius 2 is 1.85 bits per heavy atom. The fourth-order valence-electron chi connectivity index (χ4n) is 4.46. The number of amides is 3. The number of nitrogens with zero attached hydrogens (tertiary/aromatic N) is 1. The Bertz CT molecular complexity index is 685. The van der Waals surface area contributed by atoms with Gasteiger partial charge in [0.1, 0.15) is 0 Å². The van der Waals surface area contributed by atoms with E-state index in [4.69, 9.17) is 0 Å². The summed E-state index contributed by atoms with van der Waals surface area (Å²) in [5.41, 5.74) is 0. The molecule has 0 aromatic carbocycles. The molecule has 2 bridgehead atoms. The van der Waals surface area contributed by atoms with Gasteiger partial charge < -0.3 is 10.6 Å². The van der Waals surface area contributed by atoms with Crippen molar-refractivity contribution in [3.05, 3.63) is 12.2 Å². The number of nitrogens with one attached hydrogen (secondary N) is 3. The molecule has 27 heavy (non-hydrogen) atoms. The van der Waals surface area contributed by atoms with E-state index in [1.165, 1.54) is 11.2 Å². The summed E-state index contributed by atoms with van der Waals surface area (Å²) >= 11 is 0. The first-order valence-corrected chi connectivity index (χ1v) is 11.3. The van der Waals surface area contributed by atoms with Gasteiger partial charge >= 0.3 is 16.2 Å². The first kappa shape index (κ1) is 20.1. The van der Waals surface area contributed by atoms with E-state index in [2.05, 4.69) is 27.5 Å². The van der Waals surface area contributed by atoms with Crippen LogP contribution in [0.2, 0.25) is 0 Å². The van der Waals surface area contributed by atoms with Crippen LogP contribution < -0.4 is 15.4 Å². The Morgan fingerprint density at radius 1 is 1.11 bits per heavy atom. The second kappa shape index (κ2) is 8.60. The average Bonchev–Trinajstić information content (AvgIpc) is 3.23. The normalized spacial score (nSPS) is 28.3. The minimum absolute atomic E-state index is 0.0494. The van der Waals surface area contributed by atoms with Crippen LogP contribution in [0.3, 0.4) is 0 Å². The highest BCUT2D eigenvalue weighted by Gasteiger charge is 2.36. The predicted molar refractivity (Wildman–Crippen MR) is 102 cm³/mol. The van der Waals surface area contributed by atoms with Gasteiger partial charge in [0.25, 0.3) is 0 Å². The Morgan fingerprint density at radius 3 is 2.44 bits per heavy atom. The molecule has 3 amide bonds. The SMILES string of the molecule is CC(=O)NCCC1CCN(S(=O)(=O)NC(=O)NC[C@@H]2C[C@@H]3C=C[C@@H]2C3)CC1. The van der Waals surface area contributed by atoms with Gasteiger partial charge in [-0.25, -0.2) is 9.52 Å². The van der Waals surface area contributed by atoms with Gasteiger partial charge in [0.15, 0.2) is 0 Å². The molecule has 9 heteroatoms. The number of hydrogen-bond donors (Lipinski definition) is 3. The Hall–Kier alpha value is -1.61. The molecule has 1 aliphatic heterocycles. The highest BCUT2D eigenvalue weighted by Crippen LogP contribution is 2.42. The van der Waals surface area contributed by atoms with E-state index in [1.54, 1.807) is 0 Å². The zero-order valence-corrected chi connectivity index (χ0v) is 16.6. The fourth-order valence-corrected chi connectivity index (χ4v) is 5.59. The molecule has 3 atom stereocenters. The molecule has 8 nitrogen and oxygen atoms in total. The first-order chi connectivity index (χ1) is 12.8. The maximum absolute atomic E-state index is 12.4. The van der Waals surface area contributed by atoms with Gasteiger partial charge in [-0.05, 0) is 55.8 Å². The molecule has 3 rings (SSSR count). The van der Waals surface area contributed by atoms with Gasteiger partial charge in [0.05, 0.1) is 0 Å². The van der Waals surface area contributed by atoms with Crippen molar-refractivity contribution in [2.24, 2.45) is 23.7 Å². The monoisotopic (exact) mass is 398 g/mol. The van der Waals surface area contributed by atoms with Gasteiger partial charge in [-0.3, -0.25) is 4.79 Å². The summed E-state index contributed by atoms with van der Waals surface area (Å²) in [5, 5.41) is 5.49. The number of hydrogen-bond acceptors (Lipinski definition) is 4. The van der Waals surface area contributed by atoms with Crippen LogP contribution in [-0.4, -0.2) is 50.8 Å². The molecule has 152 valence electrons.